The topological polar surface area (TPSA) is 88.3 Å². The van der Waals surface area contributed by atoms with E-state index in [0.717, 1.165) is 5.56 Å². The number of hydrogen-bond acceptors (Lipinski definition) is 5. The Morgan fingerprint density at radius 3 is 2.84 bits per heavy atom. The SMILES string of the molecule is NCC1CNCCN1S(=O)(=O)CCc1ccncc1. The standard InChI is InChI=1S/C12H20N4O2S/c13-9-12-10-15-6-7-16(12)19(17,18)8-3-11-1-4-14-5-2-11/h1-2,4-5,12,15H,3,6-10,13H2. The quantitative estimate of drug-likeness (QED) is 0.738. The van der Waals surface area contributed by atoms with E-state index in [0.29, 0.717) is 32.6 Å². The van der Waals surface area contributed by atoms with E-state index in [4.69, 9.17) is 5.73 Å². The van der Waals surface area contributed by atoms with Crippen LogP contribution in [0.15, 0.2) is 24.5 Å². The number of sulfonamides is 1. The molecule has 0 amide bonds. The van der Waals surface area contributed by atoms with Crippen molar-refractivity contribution in [3.63, 3.8) is 0 Å². The fourth-order valence-corrected chi connectivity index (χ4v) is 3.94. The number of nitrogens with two attached hydrogens (primary N) is 1. The summed E-state index contributed by atoms with van der Waals surface area (Å²) in [5, 5.41) is 3.17. The van der Waals surface area contributed by atoms with Gasteiger partial charge in [0.1, 0.15) is 0 Å². The summed E-state index contributed by atoms with van der Waals surface area (Å²) in [6.45, 7) is 2.16. The highest BCUT2D eigenvalue weighted by Gasteiger charge is 2.30. The lowest BCUT2D eigenvalue weighted by Gasteiger charge is -2.34. The Balaban J connectivity index is 2.01. The Hall–Kier alpha value is -1.02. The molecule has 106 valence electrons. The zero-order valence-corrected chi connectivity index (χ0v) is 11.6. The molecular weight excluding hydrogens is 264 g/mol. The maximum atomic E-state index is 12.4. The minimum Gasteiger partial charge on any atom is -0.329 e. The molecule has 0 radical (unpaired) electrons. The molecular formula is C12H20N4O2S. The lowest BCUT2D eigenvalue weighted by molar-refractivity contribution is 0.272. The molecule has 19 heavy (non-hydrogen) atoms. The molecule has 1 aliphatic heterocycles. The van der Waals surface area contributed by atoms with E-state index in [1.165, 1.54) is 0 Å². The van der Waals surface area contributed by atoms with Crippen molar-refractivity contribution in [2.45, 2.75) is 12.5 Å². The third-order valence-electron chi connectivity index (χ3n) is 3.32. The summed E-state index contributed by atoms with van der Waals surface area (Å²) in [5.74, 6) is 0.119. The Morgan fingerprint density at radius 2 is 2.16 bits per heavy atom. The predicted molar refractivity (Wildman–Crippen MR) is 74.1 cm³/mol. The molecule has 0 bridgehead atoms. The van der Waals surface area contributed by atoms with Crippen LogP contribution >= 0.6 is 0 Å². The maximum Gasteiger partial charge on any atom is 0.214 e. The number of nitrogens with one attached hydrogen (secondary N) is 1. The van der Waals surface area contributed by atoms with Gasteiger partial charge in [-0.15, -0.1) is 0 Å². The molecule has 1 atom stereocenters. The molecule has 0 aromatic carbocycles. The minimum absolute atomic E-state index is 0.119. The van der Waals surface area contributed by atoms with Crippen LogP contribution in [0.5, 0.6) is 0 Å². The van der Waals surface area contributed by atoms with Crippen LogP contribution in [-0.4, -0.2) is 55.7 Å². The van der Waals surface area contributed by atoms with E-state index < -0.39 is 10.0 Å². The monoisotopic (exact) mass is 284 g/mol. The van der Waals surface area contributed by atoms with Crippen molar-refractivity contribution in [2.24, 2.45) is 5.73 Å². The first-order valence-electron chi connectivity index (χ1n) is 6.42. The molecule has 0 saturated carbocycles. The fraction of sp³-hybridized carbons (Fsp3) is 0.583. The number of aromatic nitrogens is 1. The third-order valence-corrected chi connectivity index (χ3v) is 5.24. The summed E-state index contributed by atoms with van der Waals surface area (Å²) in [4.78, 5) is 3.92. The number of piperazine rings is 1. The van der Waals surface area contributed by atoms with Crippen LogP contribution in [0.25, 0.3) is 0 Å². The molecule has 2 heterocycles. The van der Waals surface area contributed by atoms with Crippen molar-refractivity contribution in [3.8, 4) is 0 Å². The second kappa shape index (κ2) is 6.42. The average molecular weight is 284 g/mol. The second-order valence-corrected chi connectivity index (χ2v) is 6.67. The number of pyridine rings is 1. The molecule has 1 unspecified atom stereocenters. The van der Waals surface area contributed by atoms with Crippen LogP contribution in [0, 0.1) is 0 Å². The van der Waals surface area contributed by atoms with Crippen LogP contribution in [0.3, 0.4) is 0 Å². The Bertz CT molecular complexity index is 492. The van der Waals surface area contributed by atoms with Crippen LogP contribution in [-0.2, 0) is 16.4 Å². The molecule has 0 spiro atoms. The minimum atomic E-state index is -3.25. The summed E-state index contributed by atoms with van der Waals surface area (Å²) in [6.07, 6.45) is 3.86. The van der Waals surface area contributed by atoms with Gasteiger partial charge in [-0.25, -0.2) is 8.42 Å². The van der Waals surface area contributed by atoms with Gasteiger partial charge in [0.15, 0.2) is 0 Å². The summed E-state index contributed by atoms with van der Waals surface area (Å²) in [7, 11) is -3.25. The highest BCUT2D eigenvalue weighted by Crippen LogP contribution is 2.11. The van der Waals surface area contributed by atoms with E-state index in [-0.39, 0.29) is 11.8 Å². The van der Waals surface area contributed by atoms with Gasteiger partial charge < -0.3 is 11.1 Å². The van der Waals surface area contributed by atoms with Crippen molar-refractivity contribution >= 4 is 10.0 Å². The van der Waals surface area contributed by atoms with E-state index in [1.807, 2.05) is 12.1 Å². The third kappa shape index (κ3) is 3.73. The molecule has 1 saturated heterocycles. The first-order chi connectivity index (χ1) is 9.13. The van der Waals surface area contributed by atoms with Crippen molar-refractivity contribution in [1.29, 1.82) is 0 Å². The van der Waals surface area contributed by atoms with Gasteiger partial charge in [-0.1, -0.05) is 0 Å². The van der Waals surface area contributed by atoms with Gasteiger partial charge >= 0.3 is 0 Å². The van der Waals surface area contributed by atoms with Crippen molar-refractivity contribution in [3.05, 3.63) is 30.1 Å². The first kappa shape index (κ1) is 14.4. The summed E-state index contributed by atoms with van der Waals surface area (Å²) in [5.41, 5.74) is 6.63. The summed E-state index contributed by atoms with van der Waals surface area (Å²) >= 11 is 0. The maximum absolute atomic E-state index is 12.4. The first-order valence-corrected chi connectivity index (χ1v) is 8.03. The largest absolute Gasteiger partial charge is 0.329 e. The summed E-state index contributed by atoms with van der Waals surface area (Å²) < 4.78 is 26.3. The van der Waals surface area contributed by atoms with Gasteiger partial charge in [0.25, 0.3) is 0 Å². The number of hydrogen-bond donors (Lipinski definition) is 2. The molecule has 6 nitrogen and oxygen atoms in total. The van der Waals surface area contributed by atoms with Gasteiger partial charge in [0.2, 0.25) is 10.0 Å². The molecule has 1 fully saturated rings. The van der Waals surface area contributed by atoms with Crippen LogP contribution < -0.4 is 11.1 Å². The van der Waals surface area contributed by atoms with Crippen LogP contribution in [0.4, 0.5) is 0 Å². The number of rotatable bonds is 5. The average Bonchev–Trinajstić information content (AvgIpc) is 2.46. The number of nitrogens with zero attached hydrogens (tertiary/aromatic N) is 2. The van der Waals surface area contributed by atoms with E-state index in [9.17, 15) is 8.42 Å². The fourth-order valence-electron chi connectivity index (χ4n) is 2.22. The molecule has 1 aromatic heterocycles. The molecule has 3 N–H and O–H groups in total. The molecule has 1 aromatic rings. The van der Waals surface area contributed by atoms with E-state index in [2.05, 4.69) is 10.3 Å². The predicted octanol–water partition coefficient (Wildman–Crippen LogP) is -0.814. The van der Waals surface area contributed by atoms with Gasteiger partial charge in [-0.3, -0.25) is 4.98 Å². The second-order valence-electron chi connectivity index (χ2n) is 4.63. The van der Waals surface area contributed by atoms with Gasteiger partial charge in [0, 0.05) is 44.6 Å². The van der Waals surface area contributed by atoms with Gasteiger partial charge in [0.05, 0.1) is 5.75 Å². The Labute approximate surface area is 114 Å². The smallest absolute Gasteiger partial charge is 0.214 e. The lowest BCUT2D eigenvalue weighted by atomic mass is 10.2. The highest BCUT2D eigenvalue weighted by molar-refractivity contribution is 7.89. The van der Waals surface area contributed by atoms with Crippen LogP contribution in [0.1, 0.15) is 5.56 Å². The van der Waals surface area contributed by atoms with Crippen LogP contribution in [0.2, 0.25) is 0 Å². The Morgan fingerprint density at radius 1 is 1.42 bits per heavy atom. The summed E-state index contributed by atoms with van der Waals surface area (Å²) in [6, 6.07) is 3.55. The normalized spacial score (nSPS) is 21.4. The highest BCUT2D eigenvalue weighted by atomic mass is 32.2. The van der Waals surface area contributed by atoms with Crippen molar-refractivity contribution < 1.29 is 8.42 Å². The number of aryl methyl sites for hydroxylation is 1. The lowest BCUT2D eigenvalue weighted by Crippen LogP contribution is -2.56. The molecule has 1 aliphatic rings. The molecule has 7 heteroatoms. The van der Waals surface area contributed by atoms with Crippen molar-refractivity contribution in [2.75, 3.05) is 31.9 Å². The Kier molecular flexibility index (Phi) is 4.87. The van der Waals surface area contributed by atoms with E-state index >= 15 is 0 Å². The molecule has 2 rings (SSSR count). The van der Waals surface area contributed by atoms with Gasteiger partial charge in [-0.2, -0.15) is 4.31 Å². The zero-order chi connectivity index (χ0) is 13.7. The zero-order valence-electron chi connectivity index (χ0n) is 10.8. The van der Waals surface area contributed by atoms with E-state index in [1.54, 1.807) is 16.7 Å². The van der Waals surface area contributed by atoms with Crippen molar-refractivity contribution in [1.82, 2.24) is 14.6 Å². The van der Waals surface area contributed by atoms with Gasteiger partial charge in [-0.05, 0) is 24.1 Å². The molecule has 0 aliphatic carbocycles.